The van der Waals surface area contributed by atoms with Crippen molar-refractivity contribution in [1.29, 1.82) is 0 Å². The molecule has 0 spiro atoms. The fraction of sp³-hybridized carbons (Fsp3) is 0.167. The second-order valence-electron chi connectivity index (χ2n) is 3.98. The first-order valence-corrected chi connectivity index (χ1v) is 6.61. The van der Waals surface area contributed by atoms with Crippen molar-refractivity contribution >= 4 is 46.4 Å². The van der Waals surface area contributed by atoms with E-state index in [1.807, 2.05) is 0 Å². The lowest BCUT2D eigenvalue weighted by Crippen LogP contribution is -2.22. The van der Waals surface area contributed by atoms with E-state index in [-0.39, 0.29) is 0 Å². The van der Waals surface area contributed by atoms with Crippen molar-refractivity contribution in [3.63, 3.8) is 0 Å². The zero-order valence-electron chi connectivity index (χ0n) is 8.84. The van der Waals surface area contributed by atoms with Gasteiger partial charge in [0, 0.05) is 18.6 Å². The van der Waals surface area contributed by atoms with E-state index in [2.05, 4.69) is 0 Å². The molecule has 94 valence electrons. The van der Waals surface area contributed by atoms with Crippen molar-refractivity contribution in [2.75, 3.05) is 0 Å². The van der Waals surface area contributed by atoms with Gasteiger partial charge in [-0.2, -0.15) is 0 Å². The minimum Gasteiger partial charge on any atom is -0.454 e. The molecule has 3 rings (SSSR count). The third-order valence-corrected chi connectivity index (χ3v) is 3.83. The van der Waals surface area contributed by atoms with E-state index in [4.69, 9.17) is 55.9 Å². The number of ether oxygens (including phenoxy) is 2. The summed E-state index contributed by atoms with van der Waals surface area (Å²) in [5.41, 5.74) is 0. The Morgan fingerprint density at radius 2 is 1.61 bits per heavy atom. The van der Waals surface area contributed by atoms with E-state index in [9.17, 15) is 0 Å². The molecule has 1 aromatic rings. The quantitative estimate of drug-likeness (QED) is 0.618. The van der Waals surface area contributed by atoms with Crippen LogP contribution in [0.15, 0.2) is 35.8 Å². The Morgan fingerprint density at radius 1 is 1.00 bits per heavy atom. The second kappa shape index (κ2) is 4.24. The van der Waals surface area contributed by atoms with Gasteiger partial charge < -0.3 is 9.47 Å². The molecule has 1 heterocycles. The third kappa shape index (κ3) is 2.19. The Hall–Kier alpha value is -0.540. The van der Waals surface area contributed by atoms with Gasteiger partial charge in [-0.1, -0.05) is 46.4 Å². The maximum absolute atomic E-state index is 6.04. The molecule has 0 aromatic heterocycles. The molecule has 0 bridgehead atoms. The molecular weight excluding hydrogens is 318 g/mol. The van der Waals surface area contributed by atoms with Crippen LogP contribution in [0.3, 0.4) is 0 Å². The van der Waals surface area contributed by atoms with E-state index in [1.54, 1.807) is 24.3 Å². The van der Waals surface area contributed by atoms with Crippen LogP contribution in [0.4, 0.5) is 0 Å². The third-order valence-electron chi connectivity index (χ3n) is 2.59. The second-order valence-corrected chi connectivity index (χ2v) is 6.33. The van der Waals surface area contributed by atoms with Gasteiger partial charge in [0.1, 0.15) is 4.33 Å². The predicted molar refractivity (Wildman–Crippen MR) is 72.9 cm³/mol. The molecule has 0 unspecified atom stereocenters. The summed E-state index contributed by atoms with van der Waals surface area (Å²) in [6, 6.07) is 3.21. The Balaban J connectivity index is 2.00. The van der Waals surface area contributed by atoms with Crippen LogP contribution in [-0.4, -0.2) is 4.33 Å². The van der Waals surface area contributed by atoms with E-state index < -0.39 is 4.33 Å². The van der Waals surface area contributed by atoms with Crippen molar-refractivity contribution in [1.82, 2.24) is 0 Å². The maximum Gasteiger partial charge on any atom is 0.171 e. The summed E-state index contributed by atoms with van der Waals surface area (Å²) in [5.74, 6) is 2.18. The Kier molecular flexibility index (Phi) is 2.94. The average molecular weight is 324 g/mol. The highest BCUT2D eigenvalue weighted by molar-refractivity contribution is 6.50. The van der Waals surface area contributed by atoms with Gasteiger partial charge in [0.2, 0.25) is 0 Å². The minimum atomic E-state index is -0.976. The highest BCUT2D eigenvalue weighted by atomic mass is 35.5. The number of halogens is 4. The summed E-state index contributed by atoms with van der Waals surface area (Å²) >= 11 is 23.9. The standard InChI is InChI=1S/C12H6Cl4O2/c13-6-3-9-10(4-7(6)14)18-11-5-12(15,16)2-1-8(11)17-9/h1-4H,5H2. The largest absolute Gasteiger partial charge is 0.454 e. The van der Waals surface area contributed by atoms with Gasteiger partial charge in [0.05, 0.1) is 10.0 Å². The van der Waals surface area contributed by atoms with Crippen molar-refractivity contribution in [2.24, 2.45) is 0 Å². The SMILES string of the molecule is Clc1cc2c(cc1Cl)OC1=C(C=CC(Cl)(Cl)C1)O2. The molecule has 0 radical (unpaired) electrons. The van der Waals surface area contributed by atoms with Crippen LogP contribution < -0.4 is 9.47 Å². The van der Waals surface area contributed by atoms with Gasteiger partial charge in [-0.05, 0) is 12.2 Å². The van der Waals surface area contributed by atoms with Crippen molar-refractivity contribution in [3.8, 4) is 11.5 Å². The lowest BCUT2D eigenvalue weighted by molar-refractivity contribution is 0.288. The van der Waals surface area contributed by atoms with E-state index in [0.29, 0.717) is 39.5 Å². The lowest BCUT2D eigenvalue weighted by atomic mass is 10.1. The molecule has 1 aliphatic carbocycles. The molecule has 0 fully saturated rings. The Morgan fingerprint density at radius 3 is 2.28 bits per heavy atom. The van der Waals surface area contributed by atoms with Crippen molar-refractivity contribution in [3.05, 3.63) is 45.8 Å². The van der Waals surface area contributed by atoms with Gasteiger partial charge in [0.25, 0.3) is 0 Å². The van der Waals surface area contributed by atoms with Crippen molar-refractivity contribution in [2.45, 2.75) is 10.8 Å². The molecule has 0 saturated carbocycles. The monoisotopic (exact) mass is 322 g/mol. The van der Waals surface area contributed by atoms with Gasteiger partial charge in [-0.3, -0.25) is 0 Å². The maximum atomic E-state index is 6.04. The fourth-order valence-corrected chi connectivity index (χ4v) is 2.43. The summed E-state index contributed by atoms with van der Waals surface area (Å²) < 4.78 is 10.4. The minimum absolute atomic E-state index is 0.335. The van der Waals surface area contributed by atoms with E-state index in [0.717, 1.165) is 0 Å². The number of hydrogen-bond acceptors (Lipinski definition) is 2. The predicted octanol–water partition coefficient (Wildman–Crippen LogP) is 5.11. The molecular formula is C12H6Cl4O2. The summed E-state index contributed by atoms with van der Waals surface area (Å²) in [6.45, 7) is 0. The molecule has 6 heteroatoms. The molecule has 1 aromatic carbocycles. The number of benzene rings is 1. The van der Waals surface area contributed by atoms with Gasteiger partial charge in [0.15, 0.2) is 23.0 Å². The first-order valence-electron chi connectivity index (χ1n) is 5.09. The number of fused-ring (bicyclic) bond motifs is 1. The van der Waals surface area contributed by atoms with Crippen molar-refractivity contribution < 1.29 is 9.47 Å². The Bertz CT molecular complexity index is 590. The average Bonchev–Trinajstić information content (AvgIpc) is 2.28. The topological polar surface area (TPSA) is 18.5 Å². The fourth-order valence-electron chi connectivity index (χ4n) is 1.75. The molecule has 2 nitrogen and oxygen atoms in total. The molecule has 0 N–H and O–H groups in total. The molecule has 1 aliphatic heterocycles. The van der Waals surface area contributed by atoms with E-state index in [1.165, 1.54) is 0 Å². The molecule has 0 amide bonds. The van der Waals surface area contributed by atoms with Gasteiger partial charge in [-0.25, -0.2) is 0 Å². The highest BCUT2D eigenvalue weighted by Crippen LogP contribution is 2.45. The number of alkyl halides is 2. The number of rotatable bonds is 0. The lowest BCUT2D eigenvalue weighted by Gasteiger charge is -2.28. The first-order chi connectivity index (χ1) is 8.44. The van der Waals surface area contributed by atoms with Crippen LogP contribution in [0.1, 0.15) is 6.42 Å². The number of allylic oxidation sites excluding steroid dienone is 3. The van der Waals surface area contributed by atoms with Crippen LogP contribution in [-0.2, 0) is 0 Å². The summed E-state index contributed by atoms with van der Waals surface area (Å²) in [4.78, 5) is 0. The highest BCUT2D eigenvalue weighted by Gasteiger charge is 2.33. The summed E-state index contributed by atoms with van der Waals surface area (Å²) in [7, 11) is 0. The molecule has 0 saturated heterocycles. The van der Waals surface area contributed by atoms with Crippen LogP contribution in [0.5, 0.6) is 11.5 Å². The Labute approximate surface area is 124 Å². The van der Waals surface area contributed by atoms with Crippen LogP contribution >= 0.6 is 46.4 Å². The smallest absolute Gasteiger partial charge is 0.171 e. The van der Waals surface area contributed by atoms with Gasteiger partial charge in [-0.15, -0.1) is 0 Å². The van der Waals surface area contributed by atoms with Gasteiger partial charge >= 0.3 is 0 Å². The molecule has 2 aliphatic rings. The normalized spacial score (nSPS) is 19.8. The zero-order valence-corrected chi connectivity index (χ0v) is 11.9. The first kappa shape index (κ1) is 12.5. The van der Waals surface area contributed by atoms with Crippen LogP contribution in [0, 0.1) is 0 Å². The zero-order chi connectivity index (χ0) is 12.9. The van der Waals surface area contributed by atoms with E-state index >= 15 is 0 Å². The number of hydrogen-bond donors (Lipinski definition) is 0. The molecule has 0 atom stereocenters. The summed E-state index contributed by atoms with van der Waals surface area (Å²) in [5, 5.41) is 0.810. The van der Waals surface area contributed by atoms with Crippen LogP contribution in [0.2, 0.25) is 10.0 Å². The molecule has 18 heavy (non-hydrogen) atoms. The van der Waals surface area contributed by atoms with Crippen LogP contribution in [0.25, 0.3) is 0 Å². The summed E-state index contributed by atoms with van der Waals surface area (Å²) in [6.07, 6.45) is 3.67.